The van der Waals surface area contributed by atoms with E-state index in [4.69, 9.17) is 0 Å². The summed E-state index contributed by atoms with van der Waals surface area (Å²) >= 11 is 3.79. The van der Waals surface area contributed by atoms with Gasteiger partial charge in [-0.2, -0.15) is 0 Å². The third-order valence-electron chi connectivity index (χ3n) is 1.22. The van der Waals surface area contributed by atoms with Crippen molar-refractivity contribution in [3.63, 3.8) is 0 Å². The Hall–Kier alpha value is -0.160. The van der Waals surface area contributed by atoms with Crippen LogP contribution >= 0.6 is 33.9 Å². The Morgan fingerprint density at radius 3 is 3.00 bits per heavy atom. The second kappa shape index (κ2) is 4.01. The third-order valence-corrected chi connectivity index (χ3v) is 3.01. The number of allylic oxidation sites excluding steroid dienone is 1. The fourth-order valence-electron chi connectivity index (χ4n) is 0.705. The molecule has 0 saturated carbocycles. The number of hydrogen-bond donors (Lipinski definition) is 0. The quantitative estimate of drug-likeness (QED) is 0.471. The van der Waals surface area contributed by atoms with Gasteiger partial charge in [0.05, 0.1) is 2.88 Å². The van der Waals surface area contributed by atoms with Gasteiger partial charge < -0.3 is 0 Å². The van der Waals surface area contributed by atoms with Crippen molar-refractivity contribution in [2.75, 3.05) is 0 Å². The van der Waals surface area contributed by atoms with Crippen LogP contribution in [0.4, 0.5) is 0 Å². The van der Waals surface area contributed by atoms with Gasteiger partial charge in [0.1, 0.15) is 0 Å². The number of hydrogen-bond acceptors (Lipinski definition) is 2. The molecular weight excluding hydrogens is 271 g/mol. The second-order valence-corrected chi connectivity index (χ2v) is 4.86. The fourth-order valence-corrected chi connectivity index (χ4v) is 2.06. The first kappa shape index (κ1) is 8.93. The van der Waals surface area contributed by atoms with Crippen molar-refractivity contribution in [1.29, 1.82) is 0 Å². The molecule has 1 nitrogen and oxygen atoms in total. The van der Waals surface area contributed by atoms with Crippen molar-refractivity contribution in [1.82, 2.24) is 0 Å². The topological polar surface area (TPSA) is 17.1 Å². The first-order valence-corrected chi connectivity index (χ1v) is 5.08. The van der Waals surface area contributed by atoms with Gasteiger partial charge in [-0.1, -0.05) is 6.08 Å². The van der Waals surface area contributed by atoms with Crippen LogP contribution in [0.1, 0.15) is 16.8 Å². The van der Waals surface area contributed by atoms with Crippen molar-refractivity contribution in [2.45, 2.75) is 6.42 Å². The van der Waals surface area contributed by atoms with Crippen LogP contribution in [0.15, 0.2) is 24.1 Å². The van der Waals surface area contributed by atoms with Crippen LogP contribution in [0.2, 0.25) is 0 Å². The van der Waals surface area contributed by atoms with Crippen LogP contribution in [0, 0.1) is 2.88 Å². The maximum absolute atomic E-state index is 11.2. The van der Waals surface area contributed by atoms with E-state index in [1.807, 2.05) is 11.4 Å². The van der Waals surface area contributed by atoms with E-state index in [2.05, 4.69) is 29.2 Å². The summed E-state index contributed by atoms with van der Waals surface area (Å²) < 4.78 is 1.15. The molecule has 0 aromatic carbocycles. The Balaban J connectivity index is 2.76. The van der Waals surface area contributed by atoms with E-state index in [9.17, 15) is 4.79 Å². The van der Waals surface area contributed by atoms with Gasteiger partial charge in [-0.3, -0.25) is 4.79 Å². The Morgan fingerprint density at radius 1 is 1.82 bits per heavy atom. The van der Waals surface area contributed by atoms with Gasteiger partial charge in [0.15, 0.2) is 5.78 Å². The molecule has 58 valence electrons. The summed E-state index contributed by atoms with van der Waals surface area (Å²) in [4.78, 5) is 11.2. The molecule has 0 amide bonds. The first-order chi connectivity index (χ1) is 5.24. The van der Waals surface area contributed by atoms with Crippen molar-refractivity contribution in [3.05, 3.63) is 32.5 Å². The number of ketones is 1. The molecule has 1 aromatic heterocycles. The van der Waals surface area contributed by atoms with Crippen LogP contribution in [0.25, 0.3) is 0 Å². The normalized spacial score (nSPS) is 9.55. The van der Waals surface area contributed by atoms with Gasteiger partial charge in [0.25, 0.3) is 0 Å². The van der Waals surface area contributed by atoms with Gasteiger partial charge in [-0.05, 0) is 28.7 Å². The number of halogens is 1. The van der Waals surface area contributed by atoms with Crippen LogP contribution in [-0.2, 0) is 0 Å². The predicted octanol–water partition coefficient (Wildman–Crippen LogP) is 3.11. The number of carbonyl (C=O) groups excluding carboxylic acids is 1. The Morgan fingerprint density at radius 2 is 2.55 bits per heavy atom. The summed E-state index contributed by atoms with van der Waals surface area (Å²) in [6, 6.07) is 1.90. The molecule has 0 N–H and O–H groups in total. The largest absolute Gasteiger partial charge is 0.294 e. The summed E-state index contributed by atoms with van der Waals surface area (Å²) in [7, 11) is 0. The lowest BCUT2D eigenvalue weighted by molar-refractivity contribution is 0.0996. The maximum atomic E-state index is 11.2. The predicted molar refractivity (Wildman–Crippen MR) is 56.2 cm³/mol. The Bertz CT molecular complexity index is 277. The van der Waals surface area contributed by atoms with Crippen molar-refractivity contribution >= 4 is 39.7 Å². The molecular formula is C8H7IOS. The van der Waals surface area contributed by atoms with Crippen molar-refractivity contribution in [3.8, 4) is 0 Å². The molecule has 0 fully saturated rings. The molecule has 11 heavy (non-hydrogen) atoms. The molecule has 0 atom stereocenters. The second-order valence-electron chi connectivity index (χ2n) is 2.06. The molecule has 1 rings (SSSR count). The number of thiophene rings is 1. The standard InChI is InChI=1S/C8H7IOS/c1-2-3-7(10)6-4-8(9)11-5-6/h2,4-5H,1,3H2. The van der Waals surface area contributed by atoms with Gasteiger partial charge in [0, 0.05) is 17.4 Å². The summed E-state index contributed by atoms with van der Waals surface area (Å²) in [5, 5.41) is 1.88. The lowest BCUT2D eigenvalue weighted by atomic mass is 10.2. The van der Waals surface area contributed by atoms with Crippen LogP contribution in [0.3, 0.4) is 0 Å². The highest BCUT2D eigenvalue weighted by molar-refractivity contribution is 14.1. The fraction of sp³-hybridized carbons (Fsp3) is 0.125. The van der Waals surface area contributed by atoms with Gasteiger partial charge in [0.2, 0.25) is 0 Å². The molecule has 0 aliphatic carbocycles. The highest BCUT2D eigenvalue weighted by Crippen LogP contribution is 2.17. The highest BCUT2D eigenvalue weighted by atomic mass is 127. The summed E-state index contributed by atoms with van der Waals surface area (Å²) in [6.07, 6.45) is 2.07. The number of rotatable bonds is 3. The maximum Gasteiger partial charge on any atom is 0.167 e. The molecule has 0 unspecified atom stereocenters. The third kappa shape index (κ3) is 2.41. The Kier molecular flexibility index (Phi) is 3.26. The molecule has 1 aromatic rings. The Labute approximate surface area is 83.3 Å². The molecule has 0 aliphatic heterocycles. The molecule has 0 bridgehead atoms. The average molecular weight is 278 g/mol. The van der Waals surface area contributed by atoms with Crippen LogP contribution in [0.5, 0.6) is 0 Å². The lowest BCUT2D eigenvalue weighted by Crippen LogP contribution is -1.93. The zero-order chi connectivity index (χ0) is 8.27. The first-order valence-electron chi connectivity index (χ1n) is 3.12. The van der Waals surface area contributed by atoms with Crippen molar-refractivity contribution in [2.24, 2.45) is 0 Å². The smallest absolute Gasteiger partial charge is 0.167 e. The minimum absolute atomic E-state index is 0.152. The van der Waals surface area contributed by atoms with E-state index in [1.54, 1.807) is 17.4 Å². The number of Topliss-reactive ketones (excluding diaryl/α,β-unsaturated/α-hetero) is 1. The van der Waals surface area contributed by atoms with E-state index in [-0.39, 0.29) is 5.78 Å². The van der Waals surface area contributed by atoms with E-state index >= 15 is 0 Å². The van der Waals surface area contributed by atoms with Gasteiger partial charge >= 0.3 is 0 Å². The molecule has 1 heterocycles. The van der Waals surface area contributed by atoms with Gasteiger partial charge in [-0.25, -0.2) is 0 Å². The minimum Gasteiger partial charge on any atom is -0.294 e. The summed E-state index contributed by atoms with van der Waals surface area (Å²) in [5.41, 5.74) is 0.805. The average Bonchev–Trinajstić information content (AvgIpc) is 2.36. The minimum atomic E-state index is 0.152. The monoisotopic (exact) mass is 278 g/mol. The molecule has 0 saturated heterocycles. The zero-order valence-corrected chi connectivity index (χ0v) is 8.81. The SMILES string of the molecule is C=CCC(=O)c1csc(I)c1. The van der Waals surface area contributed by atoms with Crippen molar-refractivity contribution < 1.29 is 4.79 Å². The molecule has 0 spiro atoms. The van der Waals surface area contributed by atoms with E-state index in [1.165, 1.54) is 0 Å². The summed E-state index contributed by atoms with van der Waals surface area (Å²) in [5.74, 6) is 0.152. The van der Waals surface area contributed by atoms with Gasteiger partial charge in [-0.15, -0.1) is 17.9 Å². The molecule has 0 aliphatic rings. The lowest BCUT2D eigenvalue weighted by Gasteiger charge is -1.88. The van der Waals surface area contributed by atoms with E-state index < -0.39 is 0 Å². The van der Waals surface area contributed by atoms with E-state index in [0.29, 0.717) is 6.42 Å². The van der Waals surface area contributed by atoms with Crippen LogP contribution in [-0.4, -0.2) is 5.78 Å². The molecule has 3 heteroatoms. The van der Waals surface area contributed by atoms with E-state index in [0.717, 1.165) is 8.45 Å². The molecule has 0 radical (unpaired) electrons. The number of carbonyl (C=O) groups is 1. The van der Waals surface area contributed by atoms with Crippen LogP contribution < -0.4 is 0 Å². The summed E-state index contributed by atoms with van der Waals surface area (Å²) in [6.45, 7) is 3.51. The highest BCUT2D eigenvalue weighted by Gasteiger charge is 2.04. The zero-order valence-electron chi connectivity index (χ0n) is 5.84.